The third kappa shape index (κ3) is 2.62. The van der Waals surface area contributed by atoms with E-state index in [1.54, 1.807) is 6.07 Å². The lowest BCUT2D eigenvalue weighted by atomic mass is 9.89. The van der Waals surface area contributed by atoms with Gasteiger partial charge in [0.25, 0.3) is 0 Å². The molecule has 0 aliphatic rings. The summed E-state index contributed by atoms with van der Waals surface area (Å²) in [6, 6.07) is 3.77. The average molecular weight is 223 g/mol. The van der Waals surface area contributed by atoms with Gasteiger partial charge in [-0.25, -0.2) is 4.39 Å². The van der Waals surface area contributed by atoms with Gasteiger partial charge in [0, 0.05) is 11.6 Å². The number of benzene rings is 1. The molecule has 0 amide bonds. The monoisotopic (exact) mass is 223 g/mol. The van der Waals surface area contributed by atoms with Crippen molar-refractivity contribution >= 4 is 0 Å². The molecule has 0 saturated heterocycles. The van der Waals surface area contributed by atoms with E-state index in [-0.39, 0.29) is 11.9 Å². The Morgan fingerprint density at radius 1 is 1.31 bits per heavy atom. The van der Waals surface area contributed by atoms with Crippen LogP contribution in [0.5, 0.6) is 0 Å². The highest BCUT2D eigenvalue weighted by molar-refractivity contribution is 5.34. The van der Waals surface area contributed by atoms with E-state index in [0.717, 1.165) is 23.1 Å². The van der Waals surface area contributed by atoms with Crippen LogP contribution in [0.15, 0.2) is 12.1 Å². The second-order valence-corrected chi connectivity index (χ2v) is 4.63. The standard InChI is InChI=1S/C14H22FN/c1-6-10(3)14(16-5)13-11(4)7-9(2)8-12(13)15/h7-8,10,14,16H,6H2,1-5H3. The fourth-order valence-corrected chi connectivity index (χ4v) is 2.27. The molecule has 0 radical (unpaired) electrons. The second kappa shape index (κ2) is 5.44. The number of rotatable bonds is 4. The molecule has 1 rings (SSSR count). The van der Waals surface area contributed by atoms with Crippen LogP contribution in [-0.2, 0) is 0 Å². The summed E-state index contributed by atoms with van der Waals surface area (Å²) < 4.78 is 14.0. The summed E-state index contributed by atoms with van der Waals surface area (Å²) in [5.41, 5.74) is 2.84. The molecule has 2 unspecified atom stereocenters. The molecule has 0 aliphatic carbocycles. The lowest BCUT2D eigenvalue weighted by Crippen LogP contribution is -2.25. The van der Waals surface area contributed by atoms with E-state index in [4.69, 9.17) is 0 Å². The molecule has 0 saturated carbocycles. The number of hydrogen-bond acceptors (Lipinski definition) is 1. The molecule has 0 fully saturated rings. The fraction of sp³-hybridized carbons (Fsp3) is 0.571. The Balaban J connectivity index is 3.19. The van der Waals surface area contributed by atoms with Crippen LogP contribution >= 0.6 is 0 Å². The molecule has 2 atom stereocenters. The quantitative estimate of drug-likeness (QED) is 0.819. The van der Waals surface area contributed by atoms with Crippen molar-refractivity contribution in [2.24, 2.45) is 5.92 Å². The number of aryl methyl sites for hydroxylation is 2. The van der Waals surface area contributed by atoms with Gasteiger partial charge < -0.3 is 5.32 Å². The van der Waals surface area contributed by atoms with Gasteiger partial charge in [-0.15, -0.1) is 0 Å². The molecule has 1 aromatic carbocycles. The highest BCUT2D eigenvalue weighted by atomic mass is 19.1. The largest absolute Gasteiger partial charge is 0.313 e. The first-order chi connectivity index (χ1) is 7.51. The van der Waals surface area contributed by atoms with Gasteiger partial charge in [-0.2, -0.15) is 0 Å². The number of halogens is 1. The van der Waals surface area contributed by atoms with Crippen molar-refractivity contribution in [2.75, 3.05) is 7.05 Å². The minimum Gasteiger partial charge on any atom is -0.313 e. The Kier molecular flexibility index (Phi) is 4.48. The van der Waals surface area contributed by atoms with Crippen LogP contribution in [-0.4, -0.2) is 7.05 Å². The first-order valence-corrected chi connectivity index (χ1v) is 5.95. The summed E-state index contributed by atoms with van der Waals surface area (Å²) in [4.78, 5) is 0. The van der Waals surface area contributed by atoms with Crippen molar-refractivity contribution < 1.29 is 4.39 Å². The van der Waals surface area contributed by atoms with Gasteiger partial charge in [0.2, 0.25) is 0 Å². The van der Waals surface area contributed by atoms with Crippen molar-refractivity contribution in [3.05, 3.63) is 34.6 Å². The van der Waals surface area contributed by atoms with Crippen LogP contribution < -0.4 is 5.32 Å². The molecule has 90 valence electrons. The normalized spacial score (nSPS) is 14.9. The lowest BCUT2D eigenvalue weighted by molar-refractivity contribution is 0.385. The molecule has 0 bridgehead atoms. The topological polar surface area (TPSA) is 12.0 Å². The zero-order valence-corrected chi connectivity index (χ0v) is 10.9. The molecule has 1 nitrogen and oxygen atoms in total. The van der Waals surface area contributed by atoms with Gasteiger partial charge in [0.1, 0.15) is 5.82 Å². The van der Waals surface area contributed by atoms with Gasteiger partial charge in [0.05, 0.1) is 0 Å². The summed E-state index contributed by atoms with van der Waals surface area (Å²) in [6.07, 6.45) is 1.04. The maximum absolute atomic E-state index is 14.0. The molecule has 16 heavy (non-hydrogen) atoms. The van der Waals surface area contributed by atoms with Gasteiger partial charge in [-0.3, -0.25) is 0 Å². The Bertz CT molecular complexity index is 337. The van der Waals surface area contributed by atoms with Crippen LogP contribution in [0.4, 0.5) is 4.39 Å². The van der Waals surface area contributed by atoms with Crippen LogP contribution in [0.1, 0.15) is 43.0 Å². The predicted octanol–water partition coefficient (Wildman–Crippen LogP) is 3.75. The third-order valence-electron chi connectivity index (χ3n) is 3.32. The Labute approximate surface area is 98.1 Å². The minimum absolute atomic E-state index is 0.0860. The molecular weight excluding hydrogens is 201 g/mol. The highest BCUT2D eigenvalue weighted by Crippen LogP contribution is 2.29. The minimum atomic E-state index is -0.0860. The summed E-state index contributed by atoms with van der Waals surface area (Å²) in [6.45, 7) is 8.20. The molecule has 1 aromatic rings. The lowest BCUT2D eigenvalue weighted by Gasteiger charge is -2.25. The summed E-state index contributed by atoms with van der Waals surface area (Å²) in [7, 11) is 1.90. The van der Waals surface area contributed by atoms with E-state index in [1.807, 2.05) is 27.0 Å². The van der Waals surface area contributed by atoms with Crippen molar-refractivity contribution in [1.29, 1.82) is 0 Å². The van der Waals surface area contributed by atoms with E-state index < -0.39 is 0 Å². The zero-order chi connectivity index (χ0) is 12.3. The van der Waals surface area contributed by atoms with E-state index >= 15 is 0 Å². The maximum atomic E-state index is 14.0. The van der Waals surface area contributed by atoms with Crippen molar-refractivity contribution in [1.82, 2.24) is 5.32 Å². The molecule has 0 heterocycles. The predicted molar refractivity (Wildman–Crippen MR) is 67.1 cm³/mol. The van der Waals surface area contributed by atoms with E-state index in [1.165, 1.54) is 0 Å². The Morgan fingerprint density at radius 3 is 2.38 bits per heavy atom. The summed E-state index contributed by atoms with van der Waals surface area (Å²) in [5.74, 6) is 0.345. The van der Waals surface area contributed by atoms with Crippen LogP contribution in [0.2, 0.25) is 0 Å². The van der Waals surface area contributed by atoms with Gasteiger partial charge >= 0.3 is 0 Å². The fourth-order valence-electron chi connectivity index (χ4n) is 2.27. The third-order valence-corrected chi connectivity index (χ3v) is 3.32. The van der Waals surface area contributed by atoms with Crippen molar-refractivity contribution in [2.45, 2.75) is 40.2 Å². The molecule has 0 aromatic heterocycles. The van der Waals surface area contributed by atoms with Gasteiger partial charge in [0.15, 0.2) is 0 Å². The Morgan fingerprint density at radius 2 is 1.94 bits per heavy atom. The summed E-state index contributed by atoms with van der Waals surface area (Å²) >= 11 is 0. The number of hydrogen-bond donors (Lipinski definition) is 1. The number of nitrogens with one attached hydrogen (secondary N) is 1. The van der Waals surface area contributed by atoms with Crippen molar-refractivity contribution in [3.8, 4) is 0 Å². The van der Waals surface area contributed by atoms with Gasteiger partial charge in [-0.1, -0.05) is 26.3 Å². The molecule has 0 aliphatic heterocycles. The first kappa shape index (κ1) is 13.2. The maximum Gasteiger partial charge on any atom is 0.128 e. The smallest absolute Gasteiger partial charge is 0.128 e. The van der Waals surface area contributed by atoms with Crippen molar-refractivity contribution in [3.63, 3.8) is 0 Å². The SMILES string of the molecule is CCC(C)C(NC)c1c(C)cc(C)cc1F. The summed E-state index contributed by atoms with van der Waals surface area (Å²) in [5, 5.41) is 3.23. The van der Waals surface area contributed by atoms with E-state index in [0.29, 0.717) is 5.92 Å². The van der Waals surface area contributed by atoms with Crippen LogP contribution in [0.3, 0.4) is 0 Å². The second-order valence-electron chi connectivity index (χ2n) is 4.63. The van der Waals surface area contributed by atoms with E-state index in [9.17, 15) is 4.39 Å². The molecule has 0 spiro atoms. The first-order valence-electron chi connectivity index (χ1n) is 5.95. The molecule has 2 heteroatoms. The van der Waals surface area contributed by atoms with Gasteiger partial charge in [-0.05, 0) is 44.0 Å². The van der Waals surface area contributed by atoms with E-state index in [2.05, 4.69) is 19.2 Å². The molecular formula is C14H22FN. The average Bonchev–Trinajstić information content (AvgIpc) is 2.22. The van der Waals surface area contributed by atoms with Crippen LogP contribution in [0, 0.1) is 25.6 Å². The Hall–Kier alpha value is -0.890. The van der Waals surface area contributed by atoms with Crippen LogP contribution in [0.25, 0.3) is 0 Å². The zero-order valence-electron chi connectivity index (χ0n) is 10.9. The highest BCUT2D eigenvalue weighted by Gasteiger charge is 2.21. The molecule has 1 N–H and O–H groups in total.